The fraction of sp³-hybridized carbons (Fsp3) is 0.947. The smallest absolute Gasteiger partial charge is 0.0386 e. The largest absolute Gasteiger partial charge is 0.0654 e. The standard InChI is InChI=1S/C19H35/c1-2-3-4-5-7-10-17-13-15-19(16-14-17)18-11-8-6-9-12-18/h6,17-19H,2-5,7-16H2,1H3. The molecule has 0 aromatic rings. The molecule has 0 aromatic heterocycles. The molecular formula is C19H35. The van der Waals surface area contributed by atoms with Crippen LogP contribution in [-0.2, 0) is 0 Å². The van der Waals surface area contributed by atoms with E-state index in [-0.39, 0.29) is 0 Å². The summed E-state index contributed by atoms with van der Waals surface area (Å²) in [6.07, 6.45) is 23.4. The van der Waals surface area contributed by atoms with Crippen LogP contribution in [0, 0.1) is 24.2 Å². The summed E-state index contributed by atoms with van der Waals surface area (Å²) < 4.78 is 0. The summed E-state index contributed by atoms with van der Waals surface area (Å²) in [7, 11) is 0. The Labute approximate surface area is 121 Å². The van der Waals surface area contributed by atoms with Crippen LogP contribution in [-0.4, -0.2) is 0 Å². The summed E-state index contributed by atoms with van der Waals surface area (Å²) in [4.78, 5) is 0. The number of rotatable bonds is 7. The minimum atomic E-state index is 1.09. The molecule has 0 heteroatoms. The molecule has 0 nitrogen and oxygen atoms in total. The number of unbranched alkanes of at least 4 members (excludes halogenated alkanes) is 4. The highest BCUT2D eigenvalue weighted by atomic mass is 14.3. The van der Waals surface area contributed by atoms with E-state index >= 15 is 0 Å². The quantitative estimate of drug-likeness (QED) is 0.457. The summed E-state index contributed by atoms with van der Waals surface area (Å²) in [5.41, 5.74) is 0. The van der Waals surface area contributed by atoms with Crippen molar-refractivity contribution in [3.63, 3.8) is 0 Å². The van der Waals surface area contributed by atoms with Crippen molar-refractivity contribution in [1.29, 1.82) is 0 Å². The highest BCUT2D eigenvalue weighted by Crippen LogP contribution is 2.40. The van der Waals surface area contributed by atoms with Gasteiger partial charge in [-0.15, -0.1) is 0 Å². The molecule has 1 radical (unpaired) electrons. The fourth-order valence-electron chi connectivity index (χ4n) is 4.41. The van der Waals surface area contributed by atoms with Crippen LogP contribution in [0.2, 0.25) is 0 Å². The van der Waals surface area contributed by atoms with Gasteiger partial charge >= 0.3 is 0 Å². The Kier molecular flexibility index (Phi) is 7.32. The zero-order valence-corrected chi connectivity index (χ0v) is 13.2. The molecular weight excluding hydrogens is 228 g/mol. The van der Waals surface area contributed by atoms with Crippen molar-refractivity contribution in [2.75, 3.05) is 0 Å². The first-order chi connectivity index (χ1) is 9.40. The van der Waals surface area contributed by atoms with Crippen LogP contribution < -0.4 is 0 Å². The molecule has 0 heterocycles. The van der Waals surface area contributed by atoms with Gasteiger partial charge in [-0.3, -0.25) is 0 Å². The molecule has 0 bridgehead atoms. The molecule has 2 saturated carbocycles. The first-order valence-electron chi connectivity index (χ1n) is 9.21. The Morgan fingerprint density at radius 3 is 2.05 bits per heavy atom. The SMILES string of the molecule is CCCCCCCC1CCC(C2CC[CH]CC2)CC1. The molecule has 2 aliphatic rings. The van der Waals surface area contributed by atoms with Gasteiger partial charge in [0.15, 0.2) is 0 Å². The lowest BCUT2D eigenvalue weighted by molar-refractivity contribution is 0.171. The van der Waals surface area contributed by atoms with Gasteiger partial charge in [-0.2, -0.15) is 0 Å². The van der Waals surface area contributed by atoms with Crippen LogP contribution in [0.3, 0.4) is 0 Å². The predicted octanol–water partition coefficient (Wildman–Crippen LogP) is 6.55. The van der Waals surface area contributed by atoms with Crippen molar-refractivity contribution in [2.24, 2.45) is 17.8 Å². The van der Waals surface area contributed by atoms with E-state index in [1.807, 2.05) is 0 Å². The molecule has 0 N–H and O–H groups in total. The first kappa shape index (κ1) is 15.4. The third kappa shape index (κ3) is 5.48. The van der Waals surface area contributed by atoms with Crippen LogP contribution in [0.1, 0.15) is 96.8 Å². The van der Waals surface area contributed by atoms with Crippen molar-refractivity contribution in [1.82, 2.24) is 0 Å². The van der Waals surface area contributed by atoms with E-state index in [0.29, 0.717) is 0 Å². The van der Waals surface area contributed by atoms with Gasteiger partial charge in [0, 0.05) is 0 Å². The van der Waals surface area contributed by atoms with Crippen LogP contribution in [0.4, 0.5) is 0 Å². The van der Waals surface area contributed by atoms with E-state index in [4.69, 9.17) is 0 Å². The summed E-state index contributed by atoms with van der Waals surface area (Å²) in [5, 5.41) is 0. The Bertz CT molecular complexity index is 206. The van der Waals surface area contributed by atoms with Crippen molar-refractivity contribution in [3.8, 4) is 0 Å². The van der Waals surface area contributed by atoms with E-state index in [9.17, 15) is 0 Å². The molecule has 0 aromatic carbocycles. The fourth-order valence-corrected chi connectivity index (χ4v) is 4.41. The van der Waals surface area contributed by atoms with Gasteiger partial charge in [0.2, 0.25) is 0 Å². The van der Waals surface area contributed by atoms with Crippen molar-refractivity contribution < 1.29 is 0 Å². The molecule has 0 spiro atoms. The van der Waals surface area contributed by atoms with Crippen LogP contribution in [0.25, 0.3) is 0 Å². The lowest BCUT2D eigenvalue weighted by Gasteiger charge is -2.35. The maximum atomic E-state index is 2.51. The van der Waals surface area contributed by atoms with Crippen molar-refractivity contribution in [3.05, 3.63) is 6.42 Å². The van der Waals surface area contributed by atoms with Gasteiger partial charge in [0.1, 0.15) is 0 Å². The van der Waals surface area contributed by atoms with E-state index < -0.39 is 0 Å². The Morgan fingerprint density at radius 2 is 1.37 bits per heavy atom. The Morgan fingerprint density at radius 1 is 0.737 bits per heavy atom. The second-order valence-corrected chi connectivity index (χ2v) is 7.19. The molecule has 0 amide bonds. The van der Waals surface area contributed by atoms with Crippen LogP contribution in [0.5, 0.6) is 0 Å². The molecule has 2 fully saturated rings. The lowest BCUT2D eigenvalue weighted by Crippen LogP contribution is -2.23. The van der Waals surface area contributed by atoms with E-state index in [1.54, 1.807) is 25.7 Å². The van der Waals surface area contributed by atoms with Gasteiger partial charge in [-0.05, 0) is 62.7 Å². The highest BCUT2D eigenvalue weighted by molar-refractivity contribution is 4.84. The van der Waals surface area contributed by atoms with Gasteiger partial charge in [-0.25, -0.2) is 0 Å². The van der Waals surface area contributed by atoms with E-state index in [2.05, 4.69) is 13.3 Å². The summed E-state index contributed by atoms with van der Waals surface area (Å²) in [5.74, 6) is 3.29. The summed E-state index contributed by atoms with van der Waals surface area (Å²) in [6.45, 7) is 2.31. The van der Waals surface area contributed by atoms with Crippen molar-refractivity contribution in [2.45, 2.75) is 96.8 Å². The first-order valence-corrected chi connectivity index (χ1v) is 9.21. The highest BCUT2D eigenvalue weighted by Gasteiger charge is 2.28. The topological polar surface area (TPSA) is 0 Å². The lowest BCUT2D eigenvalue weighted by atomic mass is 9.70. The Balaban J connectivity index is 1.54. The van der Waals surface area contributed by atoms with Crippen LogP contribution in [0.15, 0.2) is 0 Å². The summed E-state index contributed by atoms with van der Waals surface area (Å²) in [6, 6.07) is 0. The Hall–Kier alpha value is 0. The predicted molar refractivity (Wildman–Crippen MR) is 85.1 cm³/mol. The normalized spacial score (nSPS) is 29.5. The minimum Gasteiger partial charge on any atom is -0.0654 e. The van der Waals surface area contributed by atoms with Gasteiger partial charge in [0.25, 0.3) is 0 Å². The monoisotopic (exact) mass is 263 g/mol. The minimum absolute atomic E-state index is 1.09. The van der Waals surface area contributed by atoms with Crippen LogP contribution >= 0.6 is 0 Å². The average Bonchev–Trinajstić information content (AvgIpc) is 2.49. The zero-order valence-electron chi connectivity index (χ0n) is 13.2. The van der Waals surface area contributed by atoms with Gasteiger partial charge in [0.05, 0.1) is 0 Å². The number of hydrogen-bond acceptors (Lipinski definition) is 0. The second-order valence-electron chi connectivity index (χ2n) is 7.19. The average molecular weight is 263 g/mol. The molecule has 19 heavy (non-hydrogen) atoms. The maximum Gasteiger partial charge on any atom is -0.0386 e. The molecule has 0 unspecified atom stereocenters. The molecule has 0 atom stereocenters. The maximum absolute atomic E-state index is 2.51. The van der Waals surface area contributed by atoms with Gasteiger partial charge in [-0.1, -0.05) is 58.3 Å². The second kappa shape index (κ2) is 9.03. The van der Waals surface area contributed by atoms with E-state index in [0.717, 1.165) is 17.8 Å². The summed E-state index contributed by atoms with van der Waals surface area (Å²) >= 11 is 0. The molecule has 0 aliphatic heterocycles. The molecule has 0 saturated heterocycles. The van der Waals surface area contributed by atoms with Crippen molar-refractivity contribution >= 4 is 0 Å². The molecule has 111 valence electrons. The third-order valence-electron chi connectivity index (χ3n) is 5.76. The zero-order chi connectivity index (χ0) is 13.3. The number of hydrogen-bond donors (Lipinski definition) is 0. The molecule has 2 aliphatic carbocycles. The van der Waals surface area contributed by atoms with Gasteiger partial charge < -0.3 is 0 Å². The third-order valence-corrected chi connectivity index (χ3v) is 5.76. The van der Waals surface area contributed by atoms with E-state index in [1.165, 1.54) is 64.2 Å². The molecule has 2 rings (SSSR count).